The van der Waals surface area contributed by atoms with Gasteiger partial charge in [0.15, 0.2) is 23.3 Å². The van der Waals surface area contributed by atoms with Gasteiger partial charge in [0.05, 0.1) is 36.3 Å². The minimum absolute atomic E-state index is 0.189. The summed E-state index contributed by atoms with van der Waals surface area (Å²) in [6.45, 7) is 1.33. The molecular formula is C25H25N9O4. The van der Waals surface area contributed by atoms with E-state index in [1.54, 1.807) is 7.11 Å². The van der Waals surface area contributed by atoms with Gasteiger partial charge in [0.25, 0.3) is 11.7 Å². The first kappa shape index (κ1) is 23.7. The second-order valence-electron chi connectivity index (χ2n) is 8.95. The summed E-state index contributed by atoms with van der Waals surface area (Å²) in [5.41, 5.74) is 1.81. The van der Waals surface area contributed by atoms with Gasteiger partial charge in [-0.1, -0.05) is 18.2 Å². The zero-order chi connectivity index (χ0) is 26.2. The van der Waals surface area contributed by atoms with E-state index in [9.17, 15) is 9.59 Å². The van der Waals surface area contributed by atoms with Crippen LogP contribution in [-0.4, -0.2) is 76.9 Å². The molecule has 13 heteroatoms. The van der Waals surface area contributed by atoms with E-state index in [0.29, 0.717) is 47.2 Å². The summed E-state index contributed by atoms with van der Waals surface area (Å²) in [4.78, 5) is 40.1. The molecule has 0 bridgehead atoms. The minimum Gasteiger partial charge on any atom is -0.494 e. The molecule has 194 valence electrons. The smallest absolute Gasteiger partial charge is 0.295 e. The molecule has 1 N–H and O–H groups in total. The number of ether oxygens (including phenoxy) is 2. The molecule has 0 saturated carbocycles. The predicted molar refractivity (Wildman–Crippen MR) is 134 cm³/mol. The van der Waals surface area contributed by atoms with E-state index in [0.717, 1.165) is 24.2 Å². The third-order valence-electron chi connectivity index (χ3n) is 6.68. The Bertz CT molecular complexity index is 1610. The van der Waals surface area contributed by atoms with Gasteiger partial charge in [-0.05, 0) is 18.4 Å². The Labute approximate surface area is 216 Å². The summed E-state index contributed by atoms with van der Waals surface area (Å²) in [5.74, 6) is 1.45. The first-order valence-corrected chi connectivity index (χ1v) is 12.1. The van der Waals surface area contributed by atoms with Crippen LogP contribution in [0.15, 0.2) is 36.9 Å². The standard InChI is InChI=1S/C25H25N9O4/c1-37-13-18-28-14-34(31-18)24-21-20(17(38-2)11-27-24)16(10-26-21)22(35)25(36)32-8-9-33-19(12-32)29-30-23(33)15-6-4-3-5-7-15/h3-4,6,10-11,14,26H,5,7-9,12-13H2,1-2H3. The number of ketones is 1. The summed E-state index contributed by atoms with van der Waals surface area (Å²) in [6.07, 6.45) is 12.5. The van der Waals surface area contributed by atoms with Crippen molar-refractivity contribution in [3.05, 3.63) is 60.0 Å². The van der Waals surface area contributed by atoms with Crippen LogP contribution in [0.25, 0.3) is 22.3 Å². The normalized spacial score (nSPS) is 15.0. The number of amides is 1. The molecule has 4 aromatic rings. The van der Waals surface area contributed by atoms with Gasteiger partial charge >= 0.3 is 0 Å². The van der Waals surface area contributed by atoms with Gasteiger partial charge in [-0.2, -0.15) is 0 Å². The fourth-order valence-electron chi connectivity index (χ4n) is 4.82. The molecule has 0 unspecified atom stereocenters. The Balaban J connectivity index is 1.29. The highest BCUT2D eigenvalue weighted by molar-refractivity contribution is 6.45. The number of pyridine rings is 1. The largest absolute Gasteiger partial charge is 0.494 e. The molecule has 38 heavy (non-hydrogen) atoms. The topological polar surface area (TPSA) is 146 Å². The average Bonchev–Trinajstić information content (AvgIpc) is 3.71. The van der Waals surface area contributed by atoms with Crippen LogP contribution >= 0.6 is 0 Å². The first-order valence-electron chi connectivity index (χ1n) is 12.1. The molecule has 4 aromatic heterocycles. The maximum atomic E-state index is 13.5. The number of fused-ring (bicyclic) bond motifs is 2. The van der Waals surface area contributed by atoms with Crippen molar-refractivity contribution >= 4 is 28.2 Å². The van der Waals surface area contributed by atoms with E-state index in [4.69, 9.17) is 9.47 Å². The van der Waals surface area contributed by atoms with Crippen LogP contribution in [0.4, 0.5) is 0 Å². The van der Waals surface area contributed by atoms with Crippen molar-refractivity contribution in [3.8, 4) is 11.6 Å². The average molecular weight is 516 g/mol. The Hall–Kier alpha value is -4.65. The lowest BCUT2D eigenvalue weighted by molar-refractivity contribution is -0.127. The predicted octanol–water partition coefficient (Wildman–Crippen LogP) is 1.85. The molecule has 0 atom stereocenters. The number of carbonyl (C=O) groups excluding carboxylic acids is 2. The second-order valence-corrected chi connectivity index (χ2v) is 8.95. The van der Waals surface area contributed by atoms with Crippen molar-refractivity contribution in [2.24, 2.45) is 0 Å². The summed E-state index contributed by atoms with van der Waals surface area (Å²) in [6, 6.07) is 0. The van der Waals surface area contributed by atoms with Crippen LogP contribution < -0.4 is 4.74 Å². The molecule has 0 aromatic carbocycles. The molecule has 2 aliphatic rings. The lowest BCUT2D eigenvalue weighted by Crippen LogP contribution is -2.42. The van der Waals surface area contributed by atoms with Crippen LogP contribution in [0, 0.1) is 0 Å². The van der Waals surface area contributed by atoms with Crippen LogP contribution in [0.5, 0.6) is 5.75 Å². The van der Waals surface area contributed by atoms with Gasteiger partial charge in [-0.15, -0.1) is 15.3 Å². The molecule has 13 nitrogen and oxygen atoms in total. The molecule has 5 heterocycles. The van der Waals surface area contributed by atoms with E-state index < -0.39 is 11.7 Å². The van der Waals surface area contributed by atoms with Crippen LogP contribution in [-0.2, 0) is 29.2 Å². The molecule has 1 amide bonds. The van der Waals surface area contributed by atoms with Gasteiger partial charge in [0.2, 0.25) is 0 Å². The van der Waals surface area contributed by atoms with Crippen molar-refractivity contribution in [3.63, 3.8) is 0 Å². The van der Waals surface area contributed by atoms with Gasteiger partial charge in [0, 0.05) is 26.4 Å². The molecule has 0 radical (unpaired) electrons. The summed E-state index contributed by atoms with van der Waals surface area (Å²) in [5, 5.41) is 13.5. The van der Waals surface area contributed by atoms with Crippen molar-refractivity contribution in [1.82, 2.24) is 44.4 Å². The lowest BCUT2D eigenvalue weighted by Gasteiger charge is -2.27. The number of Topliss-reactive ketones (excluding diaryl/α,β-unsaturated/α-hetero) is 1. The van der Waals surface area contributed by atoms with Gasteiger partial charge in [-0.3, -0.25) is 9.59 Å². The molecule has 0 saturated heterocycles. The fourth-order valence-corrected chi connectivity index (χ4v) is 4.82. The van der Waals surface area contributed by atoms with Gasteiger partial charge in [-0.25, -0.2) is 14.6 Å². The summed E-state index contributed by atoms with van der Waals surface area (Å²) >= 11 is 0. The highest BCUT2D eigenvalue weighted by atomic mass is 16.5. The SMILES string of the molecule is COCc1ncn(-c2ncc(OC)c3c(C(=O)C(=O)N4CCn5c(nnc5C5=CC=CCC5)C4)c[nH]c23)n1. The number of rotatable bonds is 7. The summed E-state index contributed by atoms with van der Waals surface area (Å²) < 4.78 is 14.1. The van der Waals surface area contributed by atoms with Crippen molar-refractivity contribution < 1.29 is 19.1 Å². The van der Waals surface area contributed by atoms with E-state index in [1.807, 2.05) is 16.7 Å². The number of carbonyl (C=O) groups is 2. The van der Waals surface area contributed by atoms with Crippen molar-refractivity contribution in [1.29, 1.82) is 0 Å². The van der Waals surface area contributed by atoms with Crippen LogP contribution in [0.3, 0.4) is 0 Å². The Kier molecular flexibility index (Phi) is 6.04. The zero-order valence-corrected chi connectivity index (χ0v) is 20.9. The third-order valence-corrected chi connectivity index (χ3v) is 6.68. The van der Waals surface area contributed by atoms with Crippen molar-refractivity contribution in [2.45, 2.75) is 32.5 Å². The number of hydrogen-bond acceptors (Lipinski definition) is 9. The first-order chi connectivity index (χ1) is 18.6. The number of H-pyrrole nitrogens is 1. The number of nitrogens with one attached hydrogen (secondary N) is 1. The number of methoxy groups -OCH3 is 2. The third kappa shape index (κ3) is 3.96. The maximum absolute atomic E-state index is 13.5. The Morgan fingerprint density at radius 2 is 2.05 bits per heavy atom. The van der Waals surface area contributed by atoms with Crippen LogP contribution in [0.1, 0.15) is 40.7 Å². The highest BCUT2D eigenvalue weighted by Crippen LogP contribution is 2.32. The molecule has 1 aliphatic carbocycles. The number of nitrogens with zero attached hydrogens (tertiary/aromatic N) is 8. The Morgan fingerprint density at radius 1 is 1.16 bits per heavy atom. The fraction of sp³-hybridized carbons (Fsp3) is 0.320. The Morgan fingerprint density at radius 3 is 2.84 bits per heavy atom. The zero-order valence-electron chi connectivity index (χ0n) is 20.9. The van der Waals surface area contributed by atoms with Gasteiger partial charge < -0.3 is 23.9 Å². The molecule has 0 spiro atoms. The van der Waals surface area contributed by atoms with Gasteiger partial charge in [0.1, 0.15) is 18.7 Å². The molecule has 6 rings (SSSR count). The van der Waals surface area contributed by atoms with E-state index in [1.165, 1.54) is 35.4 Å². The highest BCUT2D eigenvalue weighted by Gasteiger charge is 2.32. The second kappa shape index (κ2) is 9.67. The number of aromatic amines is 1. The quantitative estimate of drug-likeness (QED) is 0.288. The number of hydrogen-bond donors (Lipinski definition) is 1. The van der Waals surface area contributed by atoms with Crippen LogP contribution in [0.2, 0.25) is 0 Å². The minimum atomic E-state index is -0.654. The number of aromatic nitrogens is 8. The molecule has 1 aliphatic heterocycles. The van der Waals surface area contributed by atoms with E-state index in [2.05, 4.69) is 36.3 Å². The molecular weight excluding hydrogens is 490 g/mol. The van der Waals surface area contributed by atoms with Crippen molar-refractivity contribution in [2.75, 3.05) is 20.8 Å². The maximum Gasteiger partial charge on any atom is 0.295 e. The monoisotopic (exact) mass is 515 g/mol. The van der Waals surface area contributed by atoms with E-state index >= 15 is 0 Å². The lowest BCUT2D eigenvalue weighted by atomic mass is 10.0. The molecule has 0 fully saturated rings. The summed E-state index contributed by atoms with van der Waals surface area (Å²) in [7, 11) is 3.04. The number of allylic oxidation sites excluding steroid dienone is 4. The van der Waals surface area contributed by atoms with E-state index in [-0.39, 0.29) is 18.7 Å².